The first-order chi connectivity index (χ1) is 21.4. The number of hydrogen-bond donors (Lipinski definition) is 4. The van der Waals surface area contributed by atoms with Crippen LogP contribution < -0.4 is 22.1 Å². The van der Waals surface area contributed by atoms with Crippen molar-refractivity contribution >= 4 is 34.7 Å². The lowest BCUT2D eigenvalue weighted by atomic mass is 9.79. The molecule has 6 unspecified atom stereocenters. The highest BCUT2D eigenvalue weighted by Gasteiger charge is 2.32. The number of benzene rings is 3. The number of hydrogen-bond acceptors (Lipinski definition) is 2. The van der Waals surface area contributed by atoms with Gasteiger partial charge in [-0.1, -0.05) is 123 Å². The highest BCUT2D eigenvalue weighted by atomic mass is 32.1. The van der Waals surface area contributed by atoms with E-state index in [-0.39, 0.29) is 12.1 Å². The summed E-state index contributed by atoms with van der Waals surface area (Å²) in [5, 5.41) is 7.83. The normalized spacial score (nSPS) is 23.8. The molecule has 0 aliphatic heterocycles. The molecule has 234 valence electrons. The van der Waals surface area contributed by atoms with Gasteiger partial charge in [0.25, 0.3) is 0 Å². The fourth-order valence-corrected chi connectivity index (χ4v) is 8.33. The zero-order chi connectivity index (χ0) is 30.7. The molecule has 3 aromatic carbocycles. The summed E-state index contributed by atoms with van der Waals surface area (Å²) >= 11 is 10.9. The van der Waals surface area contributed by atoms with E-state index < -0.39 is 0 Å². The molecule has 2 aliphatic rings. The van der Waals surface area contributed by atoms with Crippen molar-refractivity contribution in [2.75, 3.05) is 0 Å². The van der Waals surface area contributed by atoms with Crippen LogP contribution in [0.2, 0.25) is 0 Å². The van der Waals surface area contributed by atoms with Gasteiger partial charge in [0.15, 0.2) is 10.2 Å². The molecule has 2 aliphatic carbocycles. The van der Waals surface area contributed by atoms with E-state index in [0.29, 0.717) is 33.9 Å². The number of rotatable bonds is 10. The molecular weight excluding hydrogens is 577 g/mol. The highest BCUT2D eigenvalue weighted by molar-refractivity contribution is 7.80. The van der Waals surface area contributed by atoms with Crippen LogP contribution in [-0.2, 0) is 12.8 Å². The summed E-state index contributed by atoms with van der Waals surface area (Å²) in [5.74, 6) is 2.22. The molecule has 0 spiro atoms. The van der Waals surface area contributed by atoms with Gasteiger partial charge in [-0.25, -0.2) is 0 Å². The van der Waals surface area contributed by atoms with Gasteiger partial charge in [-0.15, -0.1) is 0 Å². The lowest BCUT2D eigenvalue weighted by molar-refractivity contribution is 0.305. The second-order valence-electron chi connectivity index (χ2n) is 13.3. The lowest BCUT2D eigenvalue weighted by Gasteiger charge is -2.33. The maximum absolute atomic E-state index is 6.19. The molecule has 0 bridgehead atoms. The molecule has 3 aromatic rings. The zero-order valence-electron chi connectivity index (χ0n) is 26.0. The Balaban J connectivity index is 1.39. The maximum atomic E-state index is 6.19. The quantitative estimate of drug-likeness (QED) is 0.134. The van der Waals surface area contributed by atoms with Crippen molar-refractivity contribution in [3.05, 3.63) is 107 Å². The standard InChI is InChI=1S/C38H50N4S2/c39-37(43)41-35(31-18-9-7-16-29(24-31)22-27-12-3-1-4-13-27)33-20-11-21-34(26-33)36(42-38(40)44)32-19-10-8-17-30(25-32)23-28-14-5-2-6-15-28/h1-6,11-15,20-21,26,29-32,35-36H,7-10,16-19,22-25H2,(H3,39,41,43)(H3,40,42,44). The van der Waals surface area contributed by atoms with Gasteiger partial charge in [-0.05, 0) is 109 Å². The summed E-state index contributed by atoms with van der Waals surface area (Å²) in [5.41, 5.74) is 17.7. The van der Waals surface area contributed by atoms with Crippen LogP contribution in [0.4, 0.5) is 0 Å². The van der Waals surface area contributed by atoms with Crippen molar-refractivity contribution in [3.8, 4) is 0 Å². The molecule has 2 saturated carbocycles. The van der Waals surface area contributed by atoms with Crippen LogP contribution in [0.3, 0.4) is 0 Å². The molecule has 4 nitrogen and oxygen atoms in total. The Morgan fingerprint density at radius 1 is 0.591 bits per heavy atom. The van der Waals surface area contributed by atoms with Gasteiger partial charge in [-0.3, -0.25) is 0 Å². The molecule has 0 saturated heterocycles. The van der Waals surface area contributed by atoms with Crippen molar-refractivity contribution in [2.24, 2.45) is 35.1 Å². The van der Waals surface area contributed by atoms with Crippen LogP contribution in [0.15, 0.2) is 84.9 Å². The molecule has 0 aromatic heterocycles. The van der Waals surface area contributed by atoms with Gasteiger partial charge >= 0.3 is 0 Å². The molecule has 0 heterocycles. The van der Waals surface area contributed by atoms with E-state index in [1.54, 1.807) is 0 Å². The minimum Gasteiger partial charge on any atom is -0.376 e. The average molecular weight is 627 g/mol. The minimum atomic E-state index is 0.0780. The van der Waals surface area contributed by atoms with Gasteiger partial charge in [0.1, 0.15) is 0 Å². The zero-order valence-corrected chi connectivity index (χ0v) is 27.6. The predicted molar refractivity (Wildman–Crippen MR) is 192 cm³/mol. The first-order valence-corrected chi connectivity index (χ1v) is 17.6. The lowest BCUT2D eigenvalue weighted by Crippen LogP contribution is -2.38. The van der Waals surface area contributed by atoms with Gasteiger partial charge in [0, 0.05) is 0 Å². The summed E-state index contributed by atoms with van der Waals surface area (Å²) in [4.78, 5) is 0. The fourth-order valence-electron chi connectivity index (χ4n) is 8.08. The Bertz CT molecular complexity index is 1230. The van der Waals surface area contributed by atoms with Crippen molar-refractivity contribution in [1.82, 2.24) is 10.6 Å². The molecular formula is C38H50N4S2. The van der Waals surface area contributed by atoms with Crippen molar-refractivity contribution in [2.45, 2.75) is 89.1 Å². The summed E-state index contributed by atoms with van der Waals surface area (Å²) in [6.45, 7) is 0. The number of nitrogens with one attached hydrogen (secondary N) is 2. The van der Waals surface area contributed by atoms with Crippen LogP contribution in [0.1, 0.15) is 98.5 Å². The van der Waals surface area contributed by atoms with E-state index >= 15 is 0 Å². The van der Waals surface area contributed by atoms with E-state index in [1.807, 2.05) is 0 Å². The SMILES string of the molecule is NC(=S)NC(c1cccc(C(NC(N)=S)C2CCCCC(Cc3ccccc3)C2)c1)C1CCCCC(Cc2ccccc2)C1. The van der Waals surface area contributed by atoms with E-state index in [0.717, 1.165) is 25.7 Å². The van der Waals surface area contributed by atoms with E-state index in [4.69, 9.17) is 35.9 Å². The Morgan fingerprint density at radius 2 is 1.00 bits per heavy atom. The largest absolute Gasteiger partial charge is 0.376 e. The van der Waals surface area contributed by atoms with Crippen LogP contribution in [0.25, 0.3) is 0 Å². The molecule has 0 amide bonds. The van der Waals surface area contributed by atoms with Gasteiger partial charge in [-0.2, -0.15) is 0 Å². The van der Waals surface area contributed by atoms with E-state index in [9.17, 15) is 0 Å². The Morgan fingerprint density at radius 3 is 1.41 bits per heavy atom. The molecule has 6 atom stereocenters. The Kier molecular flexibility index (Phi) is 12.1. The van der Waals surface area contributed by atoms with Crippen LogP contribution in [-0.4, -0.2) is 10.2 Å². The molecule has 2 fully saturated rings. The monoisotopic (exact) mass is 626 g/mol. The third-order valence-electron chi connectivity index (χ3n) is 10.0. The third-order valence-corrected chi connectivity index (χ3v) is 10.3. The molecule has 6 heteroatoms. The molecule has 6 N–H and O–H groups in total. The first kappa shape index (κ1) is 32.4. The van der Waals surface area contributed by atoms with Gasteiger partial charge in [0.2, 0.25) is 0 Å². The first-order valence-electron chi connectivity index (χ1n) is 16.7. The predicted octanol–water partition coefficient (Wildman–Crippen LogP) is 8.31. The van der Waals surface area contributed by atoms with E-state index in [1.165, 1.54) is 73.6 Å². The minimum absolute atomic E-state index is 0.0780. The third kappa shape index (κ3) is 9.52. The second-order valence-corrected chi connectivity index (χ2v) is 14.2. The number of nitrogens with two attached hydrogens (primary N) is 2. The summed E-state index contributed by atoms with van der Waals surface area (Å²) < 4.78 is 0. The smallest absolute Gasteiger partial charge is 0.164 e. The van der Waals surface area contributed by atoms with Crippen LogP contribution >= 0.6 is 24.4 Å². The summed E-state index contributed by atoms with van der Waals surface area (Å²) in [6.07, 6.45) is 14.5. The van der Waals surface area contributed by atoms with Crippen LogP contribution in [0.5, 0.6) is 0 Å². The van der Waals surface area contributed by atoms with Crippen molar-refractivity contribution in [3.63, 3.8) is 0 Å². The Labute approximate surface area is 275 Å². The van der Waals surface area contributed by atoms with Crippen molar-refractivity contribution < 1.29 is 0 Å². The van der Waals surface area contributed by atoms with Crippen LogP contribution in [0, 0.1) is 23.7 Å². The van der Waals surface area contributed by atoms with E-state index in [2.05, 4.69) is 95.6 Å². The maximum Gasteiger partial charge on any atom is 0.164 e. The second kappa shape index (κ2) is 16.4. The molecule has 44 heavy (non-hydrogen) atoms. The highest BCUT2D eigenvalue weighted by Crippen LogP contribution is 2.41. The Hall–Kier alpha value is -2.96. The molecule has 5 rings (SSSR count). The van der Waals surface area contributed by atoms with Crippen molar-refractivity contribution in [1.29, 1.82) is 0 Å². The summed E-state index contributed by atoms with van der Waals surface area (Å²) in [7, 11) is 0. The summed E-state index contributed by atoms with van der Waals surface area (Å²) in [6, 6.07) is 31.1. The topological polar surface area (TPSA) is 76.1 Å². The average Bonchev–Trinajstić information content (AvgIpc) is 3.40. The molecule has 0 radical (unpaired) electrons. The van der Waals surface area contributed by atoms with Gasteiger partial charge < -0.3 is 22.1 Å². The number of thiocarbonyl (C=S) groups is 2. The van der Waals surface area contributed by atoms with Gasteiger partial charge in [0.05, 0.1) is 12.1 Å². The fraction of sp³-hybridized carbons (Fsp3) is 0.474.